The topological polar surface area (TPSA) is 88.2 Å². The van der Waals surface area contributed by atoms with Crippen LogP contribution in [-0.2, 0) is 6.54 Å². The van der Waals surface area contributed by atoms with Crippen LogP contribution in [0.2, 0.25) is 0 Å². The van der Waals surface area contributed by atoms with Crippen LogP contribution < -0.4 is 10.5 Å². The van der Waals surface area contributed by atoms with E-state index in [1.165, 1.54) is 23.9 Å². The SMILES string of the molecule is CCC1SC(=O)N(Cc2ccc(N)cc2)N=C1c1ccc(OC)c(O)c1. The Hall–Kier alpha value is -2.67. The third-order valence-electron chi connectivity index (χ3n) is 4.14. The lowest BCUT2D eigenvalue weighted by Gasteiger charge is -2.28. The summed E-state index contributed by atoms with van der Waals surface area (Å²) in [5, 5.41) is 16.0. The van der Waals surface area contributed by atoms with Gasteiger partial charge in [-0.15, -0.1) is 0 Å². The maximum absolute atomic E-state index is 12.5. The van der Waals surface area contributed by atoms with Gasteiger partial charge in [-0.05, 0) is 42.3 Å². The summed E-state index contributed by atoms with van der Waals surface area (Å²) in [6.07, 6.45) is 0.762. The second-order valence-electron chi connectivity index (χ2n) is 5.95. The van der Waals surface area contributed by atoms with Crippen LogP contribution in [0.1, 0.15) is 24.5 Å². The van der Waals surface area contributed by atoms with Gasteiger partial charge in [-0.1, -0.05) is 30.8 Å². The molecule has 0 aliphatic carbocycles. The molecule has 3 N–H and O–H groups in total. The number of anilines is 1. The van der Waals surface area contributed by atoms with Crippen LogP contribution in [0, 0.1) is 0 Å². The number of carbonyl (C=O) groups is 1. The number of carbonyl (C=O) groups excluding carboxylic acids is 1. The number of hydrazone groups is 1. The number of nitrogens with two attached hydrogens (primary N) is 1. The Morgan fingerprint density at radius 3 is 2.62 bits per heavy atom. The number of nitrogens with zero attached hydrogens (tertiary/aromatic N) is 2. The number of thioether (sulfide) groups is 1. The van der Waals surface area contributed by atoms with E-state index in [-0.39, 0.29) is 16.2 Å². The van der Waals surface area contributed by atoms with Gasteiger partial charge in [0.1, 0.15) is 0 Å². The molecule has 2 aromatic rings. The van der Waals surface area contributed by atoms with Crippen molar-refractivity contribution in [3.63, 3.8) is 0 Å². The second kappa shape index (κ2) is 7.70. The summed E-state index contributed by atoms with van der Waals surface area (Å²) in [5.74, 6) is 0.454. The fourth-order valence-corrected chi connectivity index (χ4v) is 3.67. The molecule has 6 nitrogen and oxygen atoms in total. The van der Waals surface area contributed by atoms with E-state index < -0.39 is 0 Å². The molecular weight excluding hydrogens is 350 g/mol. The number of benzene rings is 2. The van der Waals surface area contributed by atoms with Gasteiger partial charge in [0, 0.05) is 11.3 Å². The van der Waals surface area contributed by atoms with Gasteiger partial charge in [0.15, 0.2) is 11.5 Å². The van der Waals surface area contributed by atoms with E-state index in [2.05, 4.69) is 5.10 Å². The van der Waals surface area contributed by atoms with E-state index in [1.54, 1.807) is 24.3 Å². The Morgan fingerprint density at radius 1 is 1.27 bits per heavy atom. The maximum Gasteiger partial charge on any atom is 0.302 e. The Morgan fingerprint density at radius 2 is 2.00 bits per heavy atom. The zero-order valence-corrected chi connectivity index (χ0v) is 15.5. The van der Waals surface area contributed by atoms with Gasteiger partial charge in [0.25, 0.3) is 0 Å². The van der Waals surface area contributed by atoms with Crippen LogP contribution in [-0.4, -0.2) is 33.4 Å². The summed E-state index contributed by atoms with van der Waals surface area (Å²) < 4.78 is 5.10. The van der Waals surface area contributed by atoms with Crippen molar-refractivity contribution in [2.75, 3.05) is 12.8 Å². The largest absolute Gasteiger partial charge is 0.504 e. The molecule has 1 unspecified atom stereocenters. The van der Waals surface area contributed by atoms with Crippen molar-refractivity contribution in [1.82, 2.24) is 5.01 Å². The number of nitrogen functional groups attached to an aromatic ring is 1. The van der Waals surface area contributed by atoms with Crippen molar-refractivity contribution in [3.05, 3.63) is 53.6 Å². The zero-order chi connectivity index (χ0) is 18.7. The standard InChI is InChI=1S/C19H21N3O3S/c1-3-17-18(13-6-9-16(25-2)15(23)10-13)21-22(19(24)26-17)11-12-4-7-14(20)8-5-12/h4-10,17,23H,3,11,20H2,1-2H3. The van der Waals surface area contributed by atoms with Gasteiger partial charge in [0.2, 0.25) is 0 Å². The van der Waals surface area contributed by atoms with E-state index >= 15 is 0 Å². The Balaban J connectivity index is 1.93. The maximum atomic E-state index is 12.5. The van der Waals surface area contributed by atoms with Gasteiger partial charge in [-0.3, -0.25) is 4.79 Å². The highest BCUT2D eigenvalue weighted by atomic mass is 32.2. The van der Waals surface area contributed by atoms with E-state index in [4.69, 9.17) is 10.5 Å². The molecule has 7 heteroatoms. The minimum Gasteiger partial charge on any atom is -0.504 e. The summed E-state index contributed by atoms with van der Waals surface area (Å²) in [5.41, 5.74) is 8.88. The number of aromatic hydroxyl groups is 1. The fourth-order valence-electron chi connectivity index (χ4n) is 2.74. The van der Waals surface area contributed by atoms with Gasteiger partial charge in [0.05, 0.1) is 24.6 Å². The lowest BCUT2D eigenvalue weighted by Crippen LogP contribution is -2.34. The third-order valence-corrected chi connectivity index (χ3v) is 5.40. The molecular formula is C19H21N3O3S. The van der Waals surface area contributed by atoms with Crippen LogP contribution in [0.5, 0.6) is 11.5 Å². The summed E-state index contributed by atoms with van der Waals surface area (Å²) in [6, 6.07) is 12.5. The molecule has 0 bridgehead atoms. The van der Waals surface area contributed by atoms with E-state index in [0.717, 1.165) is 23.3 Å². The van der Waals surface area contributed by atoms with Crippen LogP contribution in [0.25, 0.3) is 0 Å². The number of ether oxygens (including phenoxy) is 1. The molecule has 26 heavy (non-hydrogen) atoms. The quantitative estimate of drug-likeness (QED) is 0.780. The fraction of sp³-hybridized carbons (Fsp3) is 0.263. The average Bonchev–Trinajstić information content (AvgIpc) is 2.64. The predicted octanol–water partition coefficient (Wildman–Crippen LogP) is 3.83. The molecule has 0 saturated carbocycles. The van der Waals surface area contributed by atoms with Crippen LogP contribution in [0.3, 0.4) is 0 Å². The highest BCUT2D eigenvalue weighted by molar-refractivity contribution is 8.14. The van der Waals surface area contributed by atoms with Crippen molar-refractivity contribution in [1.29, 1.82) is 0 Å². The molecule has 0 aromatic heterocycles. The molecule has 0 radical (unpaired) electrons. The zero-order valence-electron chi connectivity index (χ0n) is 14.7. The minimum atomic E-state index is -0.0878. The number of phenolic OH excluding ortho intramolecular Hbond substituents is 1. The Kier molecular flexibility index (Phi) is 5.37. The van der Waals surface area contributed by atoms with Crippen molar-refractivity contribution in [2.45, 2.75) is 25.1 Å². The average molecular weight is 371 g/mol. The summed E-state index contributed by atoms with van der Waals surface area (Å²) in [6.45, 7) is 2.38. The summed E-state index contributed by atoms with van der Waals surface area (Å²) >= 11 is 1.25. The van der Waals surface area contributed by atoms with Gasteiger partial charge in [-0.2, -0.15) is 5.10 Å². The monoisotopic (exact) mass is 371 g/mol. The number of phenols is 1. The van der Waals surface area contributed by atoms with Gasteiger partial charge in [-0.25, -0.2) is 5.01 Å². The summed E-state index contributed by atoms with van der Waals surface area (Å²) in [7, 11) is 1.50. The number of amides is 1. The smallest absolute Gasteiger partial charge is 0.302 e. The highest BCUT2D eigenvalue weighted by Gasteiger charge is 2.30. The van der Waals surface area contributed by atoms with Crippen LogP contribution in [0.4, 0.5) is 10.5 Å². The number of hydrogen-bond acceptors (Lipinski definition) is 6. The molecule has 1 heterocycles. The Labute approximate surface area is 156 Å². The normalized spacial score (nSPS) is 17.2. The first-order chi connectivity index (χ1) is 12.5. The molecule has 3 rings (SSSR count). The van der Waals surface area contributed by atoms with Crippen molar-refractivity contribution in [3.8, 4) is 11.5 Å². The first-order valence-corrected chi connectivity index (χ1v) is 9.18. The Bertz CT molecular complexity index is 836. The van der Waals surface area contributed by atoms with E-state index in [9.17, 15) is 9.90 Å². The van der Waals surface area contributed by atoms with Gasteiger partial charge >= 0.3 is 5.24 Å². The number of rotatable bonds is 5. The van der Waals surface area contributed by atoms with E-state index in [1.807, 2.05) is 25.1 Å². The summed E-state index contributed by atoms with van der Waals surface area (Å²) in [4.78, 5) is 12.5. The molecule has 0 fully saturated rings. The van der Waals surface area contributed by atoms with Crippen molar-refractivity contribution >= 4 is 28.4 Å². The van der Waals surface area contributed by atoms with Gasteiger partial charge < -0.3 is 15.6 Å². The van der Waals surface area contributed by atoms with Crippen LogP contribution >= 0.6 is 11.8 Å². The molecule has 1 aliphatic rings. The minimum absolute atomic E-state index is 0.0505. The molecule has 1 amide bonds. The predicted molar refractivity (Wildman–Crippen MR) is 105 cm³/mol. The molecule has 1 atom stereocenters. The van der Waals surface area contributed by atoms with Crippen LogP contribution in [0.15, 0.2) is 47.6 Å². The second-order valence-corrected chi connectivity index (χ2v) is 7.11. The number of methoxy groups -OCH3 is 1. The first-order valence-electron chi connectivity index (χ1n) is 8.30. The number of hydrogen-bond donors (Lipinski definition) is 2. The molecule has 136 valence electrons. The third kappa shape index (κ3) is 3.77. The lowest BCUT2D eigenvalue weighted by molar-refractivity contribution is 0.222. The molecule has 1 aliphatic heterocycles. The lowest BCUT2D eigenvalue weighted by atomic mass is 10.0. The molecule has 0 spiro atoms. The molecule has 0 saturated heterocycles. The highest BCUT2D eigenvalue weighted by Crippen LogP contribution is 2.33. The van der Waals surface area contributed by atoms with Crippen molar-refractivity contribution < 1.29 is 14.6 Å². The van der Waals surface area contributed by atoms with E-state index in [0.29, 0.717) is 18.0 Å². The van der Waals surface area contributed by atoms with Crippen molar-refractivity contribution in [2.24, 2.45) is 5.10 Å². The first kappa shape index (κ1) is 18.1. The molecule has 2 aromatic carbocycles.